The normalized spacial score (nSPS) is 21.8. The minimum absolute atomic E-state index is 0.664. The van der Waals surface area contributed by atoms with Crippen molar-refractivity contribution in [1.29, 1.82) is 0 Å². The summed E-state index contributed by atoms with van der Waals surface area (Å²) in [6.45, 7) is 9.00. The van der Waals surface area contributed by atoms with Crippen LogP contribution < -0.4 is 10.1 Å². The third-order valence-corrected chi connectivity index (χ3v) is 4.47. The van der Waals surface area contributed by atoms with E-state index in [0.29, 0.717) is 12.0 Å². The molecule has 3 nitrogen and oxygen atoms in total. The molecule has 0 aromatic heterocycles. The molecule has 0 unspecified atom stereocenters. The maximum absolute atomic E-state index is 5.45. The van der Waals surface area contributed by atoms with E-state index in [-0.39, 0.29) is 0 Å². The van der Waals surface area contributed by atoms with Gasteiger partial charge in [-0.05, 0) is 43.5 Å². The summed E-state index contributed by atoms with van der Waals surface area (Å²) < 4.78 is 5.45. The van der Waals surface area contributed by atoms with Gasteiger partial charge in [0.05, 0.1) is 7.11 Å². The van der Waals surface area contributed by atoms with E-state index in [4.69, 9.17) is 4.74 Å². The van der Waals surface area contributed by atoms with Gasteiger partial charge in [0.2, 0.25) is 0 Å². The largest absolute Gasteiger partial charge is 0.496 e. The smallest absolute Gasteiger partial charge is 0.122 e. The molecular formula is C17H28N2O. The summed E-state index contributed by atoms with van der Waals surface area (Å²) in [5.41, 5.74) is 1.37. The Labute approximate surface area is 123 Å². The molecule has 1 fully saturated rings. The van der Waals surface area contributed by atoms with Crippen molar-refractivity contribution in [1.82, 2.24) is 10.2 Å². The molecule has 2 rings (SSSR count). The average molecular weight is 276 g/mol. The number of likely N-dealkylation sites (N-methyl/N-ethyl adjacent to an activating group) is 1. The van der Waals surface area contributed by atoms with E-state index in [0.717, 1.165) is 31.9 Å². The van der Waals surface area contributed by atoms with Crippen molar-refractivity contribution in [2.45, 2.75) is 38.6 Å². The zero-order valence-electron chi connectivity index (χ0n) is 13.1. The summed E-state index contributed by atoms with van der Waals surface area (Å²) in [5.74, 6) is 1.70. The number of para-hydroxylation sites is 1. The minimum Gasteiger partial charge on any atom is -0.496 e. The number of methoxy groups -OCH3 is 1. The van der Waals surface area contributed by atoms with Gasteiger partial charge in [-0.1, -0.05) is 32.0 Å². The topological polar surface area (TPSA) is 24.5 Å². The lowest BCUT2D eigenvalue weighted by Gasteiger charge is -2.37. The van der Waals surface area contributed by atoms with E-state index in [1.54, 1.807) is 7.11 Å². The van der Waals surface area contributed by atoms with Gasteiger partial charge in [-0.2, -0.15) is 0 Å². The molecule has 0 spiro atoms. The fourth-order valence-corrected chi connectivity index (χ4v) is 3.01. The molecule has 20 heavy (non-hydrogen) atoms. The van der Waals surface area contributed by atoms with Crippen molar-refractivity contribution in [2.24, 2.45) is 0 Å². The Kier molecular flexibility index (Phi) is 5.86. The fourth-order valence-electron chi connectivity index (χ4n) is 3.01. The molecule has 1 N–H and O–H groups in total. The van der Waals surface area contributed by atoms with Gasteiger partial charge in [-0.25, -0.2) is 0 Å². The Balaban J connectivity index is 1.72. The molecule has 1 aliphatic carbocycles. The first-order chi connectivity index (χ1) is 9.78. The highest BCUT2D eigenvalue weighted by atomic mass is 16.5. The molecule has 1 aromatic rings. The summed E-state index contributed by atoms with van der Waals surface area (Å²) in [4.78, 5) is 2.46. The van der Waals surface area contributed by atoms with Crippen LogP contribution in [0.5, 0.6) is 5.75 Å². The SMILES string of the molecule is CCN(CC)CCNC1CC(c2ccccc2OC)C1. The highest BCUT2D eigenvalue weighted by Crippen LogP contribution is 2.40. The first kappa shape index (κ1) is 15.3. The molecular weight excluding hydrogens is 248 g/mol. The lowest BCUT2D eigenvalue weighted by atomic mass is 9.75. The minimum atomic E-state index is 0.664. The zero-order chi connectivity index (χ0) is 14.4. The standard InChI is InChI=1S/C17H28N2O/c1-4-19(5-2)11-10-18-15-12-14(13-15)16-8-6-7-9-17(16)20-3/h6-9,14-15,18H,4-5,10-13H2,1-3H3. The molecule has 0 amide bonds. The number of rotatable bonds is 8. The summed E-state index contributed by atoms with van der Waals surface area (Å²) in [6.07, 6.45) is 2.47. The lowest BCUT2D eigenvalue weighted by molar-refractivity contribution is 0.253. The van der Waals surface area contributed by atoms with Gasteiger partial charge in [0.15, 0.2) is 0 Å². The monoisotopic (exact) mass is 276 g/mol. The zero-order valence-corrected chi connectivity index (χ0v) is 13.1. The lowest BCUT2D eigenvalue weighted by Crippen LogP contribution is -2.43. The molecule has 0 bridgehead atoms. The highest BCUT2D eigenvalue weighted by Gasteiger charge is 2.31. The number of hydrogen-bond acceptors (Lipinski definition) is 3. The number of ether oxygens (including phenoxy) is 1. The molecule has 112 valence electrons. The van der Waals surface area contributed by atoms with Gasteiger partial charge in [-0.3, -0.25) is 0 Å². The van der Waals surface area contributed by atoms with Gasteiger partial charge in [0.1, 0.15) is 5.75 Å². The molecule has 1 saturated carbocycles. The van der Waals surface area contributed by atoms with Crippen LogP contribution in [0.25, 0.3) is 0 Å². The Hall–Kier alpha value is -1.06. The third kappa shape index (κ3) is 3.74. The van der Waals surface area contributed by atoms with Crippen molar-refractivity contribution in [2.75, 3.05) is 33.3 Å². The summed E-state index contributed by atoms with van der Waals surface area (Å²) in [5, 5.41) is 3.67. The first-order valence-electron chi connectivity index (χ1n) is 7.87. The van der Waals surface area contributed by atoms with E-state index >= 15 is 0 Å². The molecule has 0 radical (unpaired) electrons. The highest BCUT2D eigenvalue weighted by molar-refractivity contribution is 5.37. The van der Waals surface area contributed by atoms with Crippen LogP contribution in [0.4, 0.5) is 0 Å². The molecule has 3 heteroatoms. The molecule has 1 aromatic carbocycles. The van der Waals surface area contributed by atoms with E-state index in [2.05, 4.69) is 42.3 Å². The predicted octanol–water partition coefficient (Wildman–Crippen LogP) is 2.87. The van der Waals surface area contributed by atoms with Crippen LogP contribution in [0, 0.1) is 0 Å². The summed E-state index contributed by atoms with van der Waals surface area (Å²) in [6, 6.07) is 9.10. The second-order valence-corrected chi connectivity index (χ2v) is 5.59. The van der Waals surface area contributed by atoms with E-state index < -0.39 is 0 Å². The summed E-state index contributed by atoms with van der Waals surface area (Å²) >= 11 is 0. The number of nitrogens with zero attached hydrogens (tertiary/aromatic N) is 1. The van der Waals surface area contributed by atoms with Crippen LogP contribution in [0.15, 0.2) is 24.3 Å². The molecule has 0 saturated heterocycles. The number of nitrogens with one attached hydrogen (secondary N) is 1. The second kappa shape index (κ2) is 7.65. The average Bonchev–Trinajstić information content (AvgIpc) is 2.45. The maximum Gasteiger partial charge on any atom is 0.122 e. The third-order valence-electron chi connectivity index (χ3n) is 4.47. The van der Waals surface area contributed by atoms with Crippen LogP contribution >= 0.6 is 0 Å². The maximum atomic E-state index is 5.45. The van der Waals surface area contributed by atoms with Crippen LogP contribution in [-0.4, -0.2) is 44.2 Å². The van der Waals surface area contributed by atoms with Crippen LogP contribution in [0.2, 0.25) is 0 Å². The Morgan fingerprint density at radius 3 is 2.55 bits per heavy atom. The Bertz CT molecular complexity index is 398. The number of hydrogen-bond donors (Lipinski definition) is 1. The van der Waals surface area contributed by atoms with Crippen molar-refractivity contribution in [3.63, 3.8) is 0 Å². The van der Waals surface area contributed by atoms with Crippen LogP contribution in [0.1, 0.15) is 38.2 Å². The molecule has 0 atom stereocenters. The van der Waals surface area contributed by atoms with Crippen molar-refractivity contribution in [3.05, 3.63) is 29.8 Å². The fraction of sp³-hybridized carbons (Fsp3) is 0.647. The molecule has 1 aliphatic rings. The van der Waals surface area contributed by atoms with E-state index in [1.807, 2.05) is 6.07 Å². The van der Waals surface area contributed by atoms with Crippen molar-refractivity contribution < 1.29 is 4.74 Å². The van der Waals surface area contributed by atoms with E-state index in [1.165, 1.54) is 18.4 Å². The Morgan fingerprint density at radius 1 is 1.20 bits per heavy atom. The Morgan fingerprint density at radius 2 is 1.90 bits per heavy atom. The molecule has 0 heterocycles. The van der Waals surface area contributed by atoms with Gasteiger partial charge in [0, 0.05) is 19.1 Å². The van der Waals surface area contributed by atoms with Gasteiger partial charge < -0.3 is 15.0 Å². The van der Waals surface area contributed by atoms with E-state index in [9.17, 15) is 0 Å². The van der Waals surface area contributed by atoms with Gasteiger partial charge >= 0.3 is 0 Å². The quantitative estimate of drug-likeness (QED) is 0.790. The second-order valence-electron chi connectivity index (χ2n) is 5.59. The predicted molar refractivity (Wildman–Crippen MR) is 84.5 cm³/mol. The first-order valence-corrected chi connectivity index (χ1v) is 7.87. The summed E-state index contributed by atoms with van der Waals surface area (Å²) in [7, 11) is 1.76. The number of benzene rings is 1. The van der Waals surface area contributed by atoms with Crippen LogP contribution in [0.3, 0.4) is 0 Å². The van der Waals surface area contributed by atoms with Gasteiger partial charge in [-0.15, -0.1) is 0 Å². The van der Waals surface area contributed by atoms with Crippen molar-refractivity contribution in [3.8, 4) is 5.75 Å². The van der Waals surface area contributed by atoms with Crippen LogP contribution in [-0.2, 0) is 0 Å². The molecule has 0 aliphatic heterocycles. The van der Waals surface area contributed by atoms with Crippen molar-refractivity contribution >= 4 is 0 Å². The van der Waals surface area contributed by atoms with Gasteiger partial charge in [0.25, 0.3) is 0 Å².